The summed E-state index contributed by atoms with van der Waals surface area (Å²) in [6, 6.07) is 115. The highest BCUT2D eigenvalue weighted by Gasteiger charge is 2.28. The molecule has 0 unspecified atom stereocenters. The van der Waals surface area contributed by atoms with Gasteiger partial charge in [0.25, 0.3) is 0 Å². The van der Waals surface area contributed by atoms with E-state index >= 15 is 0 Å². The number of rotatable bonds is 12. The van der Waals surface area contributed by atoms with Gasteiger partial charge in [0.15, 0.2) is 34.9 Å². The molecule has 0 aliphatic heterocycles. The van der Waals surface area contributed by atoms with E-state index in [9.17, 15) is 0 Å². The molecule has 8 nitrogen and oxygen atoms in total. The molecule has 0 amide bonds. The van der Waals surface area contributed by atoms with Gasteiger partial charge in [-0.25, -0.2) is 29.9 Å². The van der Waals surface area contributed by atoms with Crippen molar-refractivity contribution in [3.05, 3.63) is 328 Å². The molecular weight excluding hydrogens is 1120 g/mol. The zero-order valence-electron chi connectivity index (χ0n) is 49.8. The van der Waals surface area contributed by atoms with Crippen LogP contribution in [0.1, 0.15) is 0 Å². The Labute approximate surface area is 531 Å². The fourth-order valence-electron chi connectivity index (χ4n) is 13.0. The molecule has 13 aromatic carbocycles. The van der Waals surface area contributed by atoms with Gasteiger partial charge in [-0.05, 0) is 105 Å². The van der Waals surface area contributed by atoms with Crippen molar-refractivity contribution in [2.24, 2.45) is 0 Å². The van der Waals surface area contributed by atoms with Crippen LogP contribution < -0.4 is 0 Å². The van der Waals surface area contributed by atoms with Gasteiger partial charge in [0, 0.05) is 60.6 Å². The first-order chi connectivity index (χ1) is 45.6. The third-order valence-electron chi connectivity index (χ3n) is 17.4. The van der Waals surface area contributed by atoms with Crippen molar-refractivity contribution in [3.8, 4) is 124 Å². The van der Waals surface area contributed by atoms with E-state index in [0.29, 0.717) is 34.9 Å². The van der Waals surface area contributed by atoms with Crippen molar-refractivity contribution in [2.45, 2.75) is 0 Å². The maximum atomic E-state index is 5.64. The molecule has 430 valence electrons. The van der Waals surface area contributed by atoms with Crippen molar-refractivity contribution in [1.82, 2.24) is 39.0 Å². The van der Waals surface area contributed by atoms with Gasteiger partial charge in [-0.1, -0.05) is 267 Å². The van der Waals surface area contributed by atoms with Gasteiger partial charge in [-0.3, -0.25) is 0 Å². The molecule has 0 saturated carbocycles. The number of hydrogen-bond acceptors (Lipinski definition) is 6. The van der Waals surface area contributed by atoms with Gasteiger partial charge < -0.3 is 9.13 Å². The number of fused-ring (bicyclic) bond motifs is 6. The zero-order chi connectivity index (χ0) is 60.9. The summed E-state index contributed by atoms with van der Waals surface area (Å²) < 4.78 is 4.79. The summed E-state index contributed by atoms with van der Waals surface area (Å²) in [7, 11) is 0. The van der Waals surface area contributed by atoms with E-state index < -0.39 is 0 Å². The molecular formula is C84H54N8. The zero-order valence-corrected chi connectivity index (χ0v) is 49.8. The lowest BCUT2D eigenvalue weighted by Crippen LogP contribution is -2.09. The summed E-state index contributed by atoms with van der Waals surface area (Å²) >= 11 is 0. The second-order valence-electron chi connectivity index (χ2n) is 23.0. The van der Waals surface area contributed by atoms with E-state index in [1.54, 1.807) is 0 Å². The Morgan fingerprint density at radius 1 is 0.174 bits per heavy atom. The van der Waals surface area contributed by atoms with E-state index in [0.717, 1.165) is 133 Å². The van der Waals surface area contributed by atoms with E-state index in [4.69, 9.17) is 29.9 Å². The summed E-state index contributed by atoms with van der Waals surface area (Å²) in [6.07, 6.45) is 0. The summed E-state index contributed by atoms with van der Waals surface area (Å²) in [5, 5.41) is 4.35. The minimum Gasteiger partial charge on any atom is -0.309 e. The van der Waals surface area contributed by atoms with Crippen LogP contribution in [0, 0.1) is 0 Å². The molecule has 4 heterocycles. The average molecular weight is 1180 g/mol. The van der Waals surface area contributed by atoms with Crippen molar-refractivity contribution in [2.75, 3.05) is 0 Å². The molecule has 0 fully saturated rings. The third kappa shape index (κ3) is 9.76. The molecule has 0 aliphatic rings. The fraction of sp³-hybridized carbons (Fsp3) is 0. The molecule has 17 rings (SSSR count). The van der Waals surface area contributed by atoms with E-state index in [1.807, 2.05) is 72.8 Å². The van der Waals surface area contributed by atoms with Crippen molar-refractivity contribution >= 4 is 43.6 Å². The van der Waals surface area contributed by atoms with Crippen molar-refractivity contribution < 1.29 is 0 Å². The molecule has 17 aromatic rings. The molecule has 92 heavy (non-hydrogen) atoms. The van der Waals surface area contributed by atoms with Crippen LogP contribution in [0.2, 0.25) is 0 Å². The minimum atomic E-state index is 0.465. The first-order valence-corrected chi connectivity index (χ1v) is 30.9. The lowest BCUT2D eigenvalue weighted by molar-refractivity contribution is 1.05. The highest BCUT2D eigenvalue weighted by atomic mass is 15.1. The Balaban J connectivity index is 1.06. The molecule has 0 N–H and O–H groups in total. The highest BCUT2D eigenvalue weighted by Crippen LogP contribution is 2.46. The van der Waals surface area contributed by atoms with Gasteiger partial charge in [-0.15, -0.1) is 0 Å². The predicted molar refractivity (Wildman–Crippen MR) is 376 cm³/mol. The van der Waals surface area contributed by atoms with E-state index in [2.05, 4.69) is 264 Å². The highest BCUT2D eigenvalue weighted by molar-refractivity contribution is 6.14. The van der Waals surface area contributed by atoms with Crippen molar-refractivity contribution in [1.29, 1.82) is 0 Å². The van der Waals surface area contributed by atoms with E-state index in [1.165, 1.54) is 0 Å². The second-order valence-corrected chi connectivity index (χ2v) is 23.0. The van der Waals surface area contributed by atoms with Gasteiger partial charge in [0.1, 0.15) is 0 Å². The number of hydrogen-bond donors (Lipinski definition) is 0. The Morgan fingerprint density at radius 3 is 0.641 bits per heavy atom. The van der Waals surface area contributed by atoms with Gasteiger partial charge in [-0.2, -0.15) is 0 Å². The van der Waals surface area contributed by atoms with Crippen LogP contribution in [0.4, 0.5) is 0 Å². The lowest BCUT2D eigenvalue weighted by atomic mass is 10.0. The minimum absolute atomic E-state index is 0.465. The topological polar surface area (TPSA) is 87.2 Å². The maximum absolute atomic E-state index is 5.64. The Bertz CT molecular complexity index is 5130. The third-order valence-corrected chi connectivity index (χ3v) is 17.4. The molecule has 0 saturated heterocycles. The van der Waals surface area contributed by atoms with Crippen LogP contribution in [-0.4, -0.2) is 39.0 Å². The van der Waals surface area contributed by atoms with Crippen LogP contribution in [-0.2, 0) is 0 Å². The van der Waals surface area contributed by atoms with Crippen LogP contribution >= 0.6 is 0 Å². The molecule has 0 radical (unpaired) electrons. The van der Waals surface area contributed by atoms with E-state index in [-0.39, 0.29) is 0 Å². The number of aromatic nitrogens is 8. The van der Waals surface area contributed by atoms with Crippen LogP contribution in [0.15, 0.2) is 328 Å². The standard InChI is InChI=1S/C84H54N8/c1-9-25-55(26-10-1)63-41-45-74-68(49-63)69-50-64(56-27-11-2-12-28-56)42-46-75(69)91(74)67-53-72(83-87-79(59-33-17-5-18-34-59)85-80(88-83)60-35-19-6-20-36-60)78(73(54-67)84-89-81(61-37-21-7-22-38-61)86-82(90-84)62-39-23-8-24-40-62)92-76-47-43-65(57-29-13-3-14-30-57)51-70(76)71-52-66(44-48-77(71)92)58-31-15-4-16-32-58/h1-54H. The van der Waals surface area contributed by atoms with Gasteiger partial charge >= 0.3 is 0 Å². The number of nitrogens with zero attached hydrogens (tertiary/aromatic N) is 8. The lowest BCUT2D eigenvalue weighted by Gasteiger charge is -2.21. The molecule has 4 aromatic heterocycles. The van der Waals surface area contributed by atoms with Crippen LogP contribution in [0.5, 0.6) is 0 Å². The predicted octanol–water partition coefficient (Wildman–Crippen LogP) is 20.9. The average Bonchev–Trinajstić information content (AvgIpc) is 1.52. The molecule has 0 aliphatic carbocycles. The Kier molecular flexibility index (Phi) is 13.4. The Hall–Kier alpha value is -12.5. The first kappa shape index (κ1) is 53.7. The summed E-state index contributed by atoms with van der Waals surface area (Å²) in [5.41, 5.74) is 19.5. The molecule has 0 bridgehead atoms. The smallest absolute Gasteiger partial charge is 0.166 e. The fourth-order valence-corrected chi connectivity index (χ4v) is 13.0. The summed E-state index contributed by atoms with van der Waals surface area (Å²) in [5.74, 6) is 3.06. The Morgan fingerprint density at radius 2 is 0.391 bits per heavy atom. The van der Waals surface area contributed by atoms with Gasteiger partial charge in [0.2, 0.25) is 0 Å². The quantitative estimate of drug-likeness (QED) is 0.121. The van der Waals surface area contributed by atoms with Crippen LogP contribution in [0.25, 0.3) is 168 Å². The summed E-state index contributed by atoms with van der Waals surface area (Å²) in [6.45, 7) is 0. The summed E-state index contributed by atoms with van der Waals surface area (Å²) in [4.78, 5) is 33.2. The van der Waals surface area contributed by atoms with Crippen LogP contribution in [0.3, 0.4) is 0 Å². The normalized spacial score (nSPS) is 11.5. The van der Waals surface area contributed by atoms with Crippen molar-refractivity contribution in [3.63, 3.8) is 0 Å². The second kappa shape index (κ2) is 22.9. The SMILES string of the molecule is c1ccc(-c2ccc3c(c2)c2cc(-c4ccccc4)ccc2n3-c2cc(-c3nc(-c4ccccc4)nc(-c4ccccc4)n3)c(-n3c4ccc(-c5ccccc5)cc4c4cc(-c5ccccc5)ccc43)c(-c3nc(-c4ccccc4)nc(-c4ccccc4)n3)c2)cc1. The molecule has 0 spiro atoms. The monoisotopic (exact) mass is 1170 g/mol. The molecule has 0 atom stereocenters. The number of benzene rings is 13. The van der Waals surface area contributed by atoms with Gasteiger partial charge in [0.05, 0.1) is 27.8 Å². The first-order valence-electron chi connectivity index (χ1n) is 30.9. The largest absolute Gasteiger partial charge is 0.309 e. The maximum Gasteiger partial charge on any atom is 0.166 e. The molecule has 8 heteroatoms.